The number of amides is 2. The van der Waals surface area contributed by atoms with E-state index >= 15 is 0 Å². The van der Waals surface area contributed by atoms with Crippen LogP contribution in [0.5, 0.6) is 0 Å². The Hall–Kier alpha value is -2.57. The predicted octanol–water partition coefficient (Wildman–Crippen LogP) is 2.73. The van der Waals surface area contributed by atoms with E-state index in [0.717, 1.165) is 17.6 Å². The topological polar surface area (TPSA) is 67.2 Å². The lowest BCUT2D eigenvalue weighted by Gasteiger charge is -2.26. The molecule has 2 aromatic heterocycles. The Morgan fingerprint density at radius 2 is 1.81 bits per heavy atom. The third-order valence-electron chi connectivity index (χ3n) is 4.27. The van der Waals surface area contributed by atoms with E-state index in [4.69, 9.17) is 4.74 Å². The van der Waals surface area contributed by atoms with Crippen LogP contribution in [0.4, 0.5) is 4.79 Å². The number of imidazole rings is 1. The summed E-state index contributed by atoms with van der Waals surface area (Å²) in [5, 5.41) is 0. The molecule has 0 bridgehead atoms. The van der Waals surface area contributed by atoms with Crippen molar-refractivity contribution < 1.29 is 14.3 Å². The van der Waals surface area contributed by atoms with Gasteiger partial charge in [0.15, 0.2) is 0 Å². The van der Waals surface area contributed by atoms with Gasteiger partial charge in [-0.25, -0.2) is 9.78 Å². The maximum atomic E-state index is 12.8. The molecular formula is C19H26N4O3. The van der Waals surface area contributed by atoms with Crippen LogP contribution < -0.4 is 0 Å². The van der Waals surface area contributed by atoms with Crippen molar-refractivity contribution >= 4 is 17.6 Å². The smallest absolute Gasteiger partial charge is 0.410 e. The first-order chi connectivity index (χ1) is 12.2. The molecule has 1 aliphatic heterocycles. The maximum Gasteiger partial charge on any atom is 0.410 e. The Labute approximate surface area is 153 Å². The summed E-state index contributed by atoms with van der Waals surface area (Å²) in [5.74, 6) is -0.0996. The number of ether oxygens (including phenoxy) is 1. The number of aryl methyl sites for hydroxylation is 1. The molecule has 140 valence electrons. The molecule has 26 heavy (non-hydrogen) atoms. The minimum Gasteiger partial charge on any atom is -0.444 e. The van der Waals surface area contributed by atoms with Crippen molar-refractivity contribution in [3.63, 3.8) is 0 Å². The van der Waals surface area contributed by atoms with Crippen LogP contribution in [0.25, 0.3) is 5.65 Å². The number of carbonyl (C=O) groups is 2. The highest BCUT2D eigenvalue weighted by Gasteiger charge is 2.27. The van der Waals surface area contributed by atoms with E-state index in [1.165, 1.54) is 0 Å². The van der Waals surface area contributed by atoms with Crippen molar-refractivity contribution in [1.29, 1.82) is 0 Å². The minimum absolute atomic E-state index is 0.0996. The zero-order valence-electron chi connectivity index (χ0n) is 15.9. The standard InChI is InChI=1S/C19H26N4O3/c1-14-6-9-23-13-15(20-16(23)12-14)17(24)21-7-5-8-22(11-10-21)18(25)26-19(2,3)4/h6,9,12-13H,5,7-8,10-11H2,1-4H3. The Kier molecular flexibility index (Phi) is 4.89. The SMILES string of the molecule is Cc1ccn2cc(C(=O)N3CCCN(C(=O)OC(C)(C)C)CC3)nc2c1. The molecule has 0 atom stereocenters. The molecule has 0 aromatic carbocycles. The quantitative estimate of drug-likeness (QED) is 0.786. The van der Waals surface area contributed by atoms with Gasteiger partial charge >= 0.3 is 6.09 Å². The molecular weight excluding hydrogens is 332 g/mol. The Balaban J connectivity index is 1.68. The molecule has 2 aromatic rings. The second-order valence-electron chi connectivity index (χ2n) is 7.71. The first-order valence-corrected chi connectivity index (χ1v) is 8.95. The van der Waals surface area contributed by atoms with Crippen molar-refractivity contribution in [2.24, 2.45) is 0 Å². The second kappa shape index (κ2) is 6.97. The van der Waals surface area contributed by atoms with Crippen LogP contribution >= 0.6 is 0 Å². The lowest BCUT2D eigenvalue weighted by atomic mass is 10.2. The zero-order valence-corrected chi connectivity index (χ0v) is 15.9. The van der Waals surface area contributed by atoms with Crippen molar-refractivity contribution in [3.05, 3.63) is 35.8 Å². The summed E-state index contributed by atoms with van der Waals surface area (Å²) < 4.78 is 7.28. The van der Waals surface area contributed by atoms with Gasteiger partial charge in [0.2, 0.25) is 0 Å². The number of aromatic nitrogens is 2. The fraction of sp³-hybridized carbons (Fsp3) is 0.526. The van der Waals surface area contributed by atoms with Gasteiger partial charge in [0.25, 0.3) is 5.91 Å². The molecule has 0 aliphatic carbocycles. The molecule has 0 unspecified atom stereocenters. The van der Waals surface area contributed by atoms with Gasteiger partial charge in [-0.05, 0) is 51.8 Å². The normalized spacial score (nSPS) is 15.8. The number of carbonyl (C=O) groups excluding carboxylic acids is 2. The van der Waals surface area contributed by atoms with Gasteiger partial charge < -0.3 is 18.9 Å². The van der Waals surface area contributed by atoms with Gasteiger partial charge in [0, 0.05) is 38.6 Å². The average Bonchev–Trinajstić information content (AvgIpc) is 2.80. The van der Waals surface area contributed by atoms with Crippen molar-refractivity contribution in [3.8, 4) is 0 Å². The maximum absolute atomic E-state index is 12.8. The number of nitrogens with zero attached hydrogens (tertiary/aromatic N) is 4. The minimum atomic E-state index is -0.520. The van der Waals surface area contributed by atoms with E-state index in [2.05, 4.69) is 4.98 Å². The highest BCUT2D eigenvalue weighted by molar-refractivity contribution is 5.93. The Morgan fingerprint density at radius 3 is 2.54 bits per heavy atom. The summed E-state index contributed by atoms with van der Waals surface area (Å²) in [7, 11) is 0. The van der Waals surface area contributed by atoms with Crippen molar-refractivity contribution in [1.82, 2.24) is 19.2 Å². The van der Waals surface area contributed by atoms with Gasteiger partial charge in [-0.1, -0.05) is 0 Å². The highest BCUT2D eigenvalue weighted by atomic mass is 16.6. The van der Waals surface area contributed by atoms with Crippen LogP contribution in [-0.2, 0) is 4.74 Å². The summed E-state index contributed by atoms with van der Waals surface area (Å²) in [5.41, 5.74) is 1.78. The fourth-order valence-electron chi connectivity index (χ4n) is 2.98. The van der Waals surface area contributed by atoms with Crippen LogP contribution in [-0.4, -0.2) is 63.0 Å². The number of fused-ring (bicyclic) bond motifs is 1. The van der Waals surface area contributed by atoms with E-state index in [0.29, 0.717) is 31.9 Å². The summed E-state index contributed by atoms with van der Waals surface area (Å²) >= 11 is 0. The number of pyridine rings is 1. The van der Waals surface area contributed by atoms with Gasteiger partial charge in [0.05, 0.1) is 0 Å². The highest BCUT2D eigenvalue weighted by Crippen LogP contribution is 2.14. The molecule has 1 aliphatic rings. The third kappa shape index (κ3) is 4.15. The molecule has 2 amide bonds. The number of hydrogen-bond acceptors (Lipinski definition) is 4. The van der Waals surface area contributed by atoms with E-state index in [9.17, 15) is 9.59 Å². The molecule has 0 N–H and O–H groups in total. The van der Waals surface area contributed by atoms with E-state index < -0.39 is 5.60 Å². The molecule has 1 saturated heterocycles. The first-order valence-electron chi connectivity index (χ1n) is 8.95. The fourth-order valence-corrected chi connectivity index (χ4v) is 2.98. The van der Waals surface area contributed by atoms with E-state index in [1.54, 1.807) is 16.0 Å². The lowest BCUT2D eigenvalue weighted by molar-refractivity contribution is 0.0255. The molecule has 3 heterocycles. The van der Waals surface area contributed by atoms with E-state index in [1.807, 2.05) is 50.4 Å². The van der Waals surface area contributed by atoms with Crippen LogP contribution in [0.15, 0.2) is 24.5 Å². The van der Waals surface area contributed by atoms with Gasteiger partial charge in [-0.3, -0.25) is 4.79 Å². The second-order valence-corrected chi connectivity index (χ2v) is 7.71. The predicted molar refractivity (Wildman–Crippen MR) is 98.3 cm³/mol. The summed E-state index contributed by atoms with van der Waals surface area (Å²) in [6.45, 7) is 9.68. The molecule has 7 nitrogen and oxygen atoms in total. The zero-order chi connectivity index (χ0) is 18.9. The van der Waals surface area contributed by atoms with Crippen LogP contribution in [0.3, 0.4) is 0 Å². The van der Waals surface area contributed by atoms with Crippen molar-refractivity contribution in [2.45, 2.75) is 39.7 Å². The van der Waals surface area contributed by atoms with Gasteiger partial charge in [-0.2, -0.15) is 0 Å². The molecule has 0 saturated carbocycles. The van der Waals surface area contributed by atoms with Crippen molar-refractivity contribution in [2.75, 3.05) is 26.2 Å². The number of rotatable bonds is 1. The van der Waals surface area contributed by atoms with Gasteiger partial charge in [-0.15, -0.1) is 0 Å². The third-order valence-corrected chi connectivity index (χ3v) is 4.27. The Bertz CT molecular complexity index is 822. The van der Waals surface area contributed by atoms with Crippen LogP contribution in [0.2, 0.25) is 0 Å². The summed E-state index contributed by atoms with van der Waals surface area (Å²) in [6.07, 6.45) is 4.06. The lowest BCUT2D eigenvalue weighted by Crippen LogP contribution is -2.40. The molecule has 7 heteroatoms. The van der Waals surface area contributed by atoms with Gasteiger partial charge in [0.1, 0.15) is 16.9 Å². The van der Waals surface area contributed by atoms with E-state index in [-0.39, 0.29) is 12.0 Å². The molecule has 0 radical (unpaired) electrons. The molecule has 0 spiro atoms. The summed E-state index contributed by atoms with van der Waals surface area (Å²) in [6, 6.07) is 3.93. The van der Waals surface area contributed by atoms with Crippen LogP contribution in [0.1, 0.15) is 43.2 Å². The summed E-state index contributed by atoms with van der Waals surface area (Å²) in [4.78, 5) is 33.0. The molecule has 1 fully saturated rings. The van der Waals surface area contributed by atoms with Crippen LogP contribution in [0, 0.1) is 6.92 Å². The average molecular weight is 358 g/mol. The Morgan fingerprint density at radius 1 is 1.12 bits per heavy atom. The molecule has 3 rings (SSSR count). The number of hydrogen-bond donors (Lipinski definition) is 0. The largest absolute Gasteiger partial charge is 0.444 e. The monoisotopic (exact) mass is 358 g/mol. The first kappa shape index (κ1) is 18.2.